The molecule has 0 aliphatic carbocycles. The molecule has 37 heavy (non-hydrogen) atoms. The number of carbonyl (C=O) groups is 1. The number of fused-ring (bicyclic) bond motifs is 1. The van der Waals surface area contributed by atoms with Crippen LogP contribution in [0.4, 0.5) is 11.6 Å². The van der Waals surface area contributed by atoms with Gasteiger partial charge in [0.25, 0.3) is 5.91 Å². The van der Waals surface area contributed by atoms with Gasteiger partial charge in [0.15, 0.2) is 11.5 Å². The van der Waals surface area contributed by atoms with E-state index in [1.54, 1.807) is 4.68 Å². The molecule has 0 spiro atoms. The van der Waals surface area contributed by atoms with Crippen LogP contribution >= 0.6 is 15.9 Å². The SMILES string of the molecule is CCOc1cc(C2C(C(=O)Nc3ccccc3)=C(C)Nc3ncnn32)ccc1OCc1ccc(Br)cc1. The van der Waals surface area contributed by atoms with Crippen LogP contribution in [0.15, 0.2) is 94.9 Å². The Morgan fingerprint density at radius 1 is 1.05 bits per heavy atom. The Morgan fingerprint density at radius 2 is 1.84 bits per heavy atom. The van der Waals surface area contributed by atoms with Crippen molar-refractivity contribution in [2.45, 2.75) is 26.5 Å². The van der Waals surface area contributed by atoms with Gasteiger partial charge >= 0.3 is 0 Å². The first kappa shape index (κ1) is 24.6. The number of para-hydroxylation sites is 1. The fraction of sp³-hybridized carbons (Fsp3) is 0.179. The van der Waals surface area contributed by atoms with Crippen LogP contribution in [-0.4, -0.2) is 27.3 Å². The number of hydrogen-bond donors (Lipinski definition) is 2. The molecule has 0 radical (unpaired) electrons. The lowest BCUT2D eigenvalue weighted by atomic mass is 9.94. The number of hydrogen-bond acceptors (Lipinski definition) is 6. The minimum atomic E-state index is -0.512. The fourth-order valence-corrected chi connectivity index (χ4v) is 4.50. The summed E-state index contributed by atoms with van der Waals surface area (Å²) in [5.41, 5.74) is 3.81. The van der Waals surface area contributed by atoms with Crippen molar-refractivity contribution >= 4 is 33.5 Å². The Kier molecular flexibility index (Phi) is 7.23. The summed E-state index contributed by atoms with van der Waals surface area (Å²) in [6.45, 7) is 4.66. The molecule has 1 aliphatic rings. The summed E-state index contributed by atoms with van der Waals surface area (Å²) in [5, 5.41) is 10.6. The molecule has 0 saturated carbocycles. The van der Waals surface area contributed by atoms with Crippen molar-refractivity contribution in [1.29, 1.82) is 0 Å². The number of amides is 1. The highest BCUT2D eigenvalue weighted by molar-refractivity contribution is 9.10. The molecule has 1 atom stereocenters. The number of benzene rings is 3. The lowest BCUT2D eigenvalue weighted by Crippen LogP contribution is -2.31. The van der Waals surface area contributed by atoms with E-state index < -0.39 is 6.04 Å². The van der Waals surface area contributed by atoms with Crippen molar-refractivity contribution in [2.75, 3.05) is 17.2 Å². The molecule has 4 aromatic rings. The Balaban J connectivity index is 1.48. The minimum Gasteiger partial charge on any atom is -0.490 e. The van der Waals surface area contributed by atoms with E-state index in [-0.39, 0.29) is 5.91 Å². The van der Waals surface area contributed by atoms with E-state index in [4.69, 9.17) is 9.47 Å². The summed E-state index contributed by atoms with van der Waals surface area (Å²) in [6.07, 6.45) is 1.47. The molecule has 1 aromatic heterocycles. The quantitative estimate of drug-likeness (QED) is 0.277. The number of halogens is 1. The van der Waals surface area contributed by atoms with Gasteiger partial charge in [0.1, 0.15) is 19.0 Å². The molecule has 1 unspecified atom stereocenters. The minimum absolute atomic E-state index is 0.226. The van der Waals surface area contributed by atoms with E-state index in [0.717, 1.165) is 15.6 Å². The maximum absolute atomic E-state index is 13.5. The molecule has 2 N–H and O–H groups in total. The Labute approximate surface area is 223 Å². The van der Waals surface area contributed by atoms with Gasteiger partial charge in [0.2, 0.25) is 5.95 Å². The first-order valence-corrected chi connectivity index (χ1v) is 12.7. The zero-order chi connectivity index (χ0) is 25.8. The highest BCUT2D eigenvalue weighted by atomic mass is 79.9. The van der Waals surface area contributed by atoms with Crippen molar-refractivity contribution in [1.82, 2.24) is 14.8 Å². The van der Waals surface area contributed by atoms with Gasteiger partial charge in [-0.05, 0) is 61.4 Å². The number of nitrogens with zero attached hydrogens (tertiary/aromatic N) is 3. The normalized spacial score (nSPS) is 14.5. The van der Waals surface area contributed by atoms with E-state index in [1.165, 1.54) is 6.33 Å². The third-order valence-corrected chi connectivity index (χ3v) is 6.49. The lowest BCUT2D eigenvalue weighted by Gasteiger charge is -2.29. The largest absolute Gasteiger partial charge is 0.490 e. The molecule has 1 amide bonds. The monoisotopic (exact) mass is 559 g/mol. The number of ether oxygens (including phenoxy) is 2. The molecule has 9 heteroatoms. The van der Waals surface area contributed by atoms with Gasteiger partial charge in [0, 0.05) is 15.9 Å². The van der Waals surface area contributed by atoms with Crippen LogP contribution in [-0.2, 0) is 11.4 Å². The van der Waals surface area contributed by atoms with Crippen LogP contribution in [0.2, 0.25) is 0 Å². The van der Waals surface area contributed by atoms with Gasteiger partial charge in [-0.3, -0.25) is 4.79 Å². The lowest BCUT2D eigenvalue weighted by molar-refractivity contribution is -0.113. The molecule has 5 rings (SSSR count). The predicted octanol–water partition coefficient (Wildman–Crippen LogP) is 5.95. The summed E-state index contributed by atoms with van der Waals surface area (Å²) in [7, 11) is 0. The average molecular weight is 560 g/mol. The van der Waals surface area contributed by atoms with Crippen LogP contribution in [0.1, 0.15) is 31.0 Å². The Bertz CT molecular complexity index is 1430. The van der Waals surface area contributed by atoms with Gasteiger partial charge in [-0.1, -0.05) is 52.3 Å². The maximum Gasteiger partial charge on any atom is 0.255 e. The molecule has 3 aromatic carbocycles. The molecule has 0 fully saturated rings. The smallest absolute Gasteiger partial charge is 0.255 e. The van der Waals surface area contributed by atoms with E-state index >= 15 is 0 Å². The summed E-state index contributed by atoms with van der Waals surface area (Å²) in [4.78, 5) is 17.8. The zero-order valence-corrected chi connectivity index (χ0v) is 22.0. The highest BCUT2D eigenvalue weighted by Gasteiger charge is 2.34. The van der Waals surface area contributed by atoms with Gasteiger partial charge in [-0.2, -0.15) is 10.1 Å². The van der Waals surface area contributed by atoms with E-state index in [1.807, 2.05) is 86.6 Å². The van der Waals surface area contributed by atoms with Crippen molar-refractivity contribution in [3.05, 3.63) is 106 Å². The van der Waals surface area contributed by atoms with Crippen LogP contribution in [0.5, 0.6) is 11.5 Å². The Morgan fingerprint density at radius 3 is 2.59 bits per heavy atom. The number of rotatable bonds is 8. The first-order valence-electron chi connectivity index (χ1n) is 11.9. The molecule has 0 saturated heterocycles. The molecule has 0 bridgehead atoms. The van der Waals surface area contributed by atoms with Crippen molar-refractivity contribution < 1.29 is 14.3 Å². The second-order valence-corrected chi connectivity index (χ2v) is 9.38. The van der Waals surface area contributed by atoms with Crippen molar-refractivity contribution in [3.63, 3.8) is 0 Å². The highest BCUT2D eigenvalue weighted by Crippen LogP contribution is 2.39. The van der Waals surface area contributed by atoms with E-state index in [9.17, 15) is 4.79 Å². The topological polar surface area (TPSA) is 90.3 Å². The summed E-state index contributed by atoms with van der Waals surface area (Å²) in [5.74, 6) is 1.55. The second-order valence-electron chi connectivity index (χ2n) is 8.47. The standard InChI is InChI=1S/C28H26BrN5O3/c1-3-36-24-15-20(11-14-23(24)37-16-19-9-12-21(29)13-10-19)26-25(18(2)32-28-30-17-31-34(26)28)27(35)33-22-7-5-4-6-8-22/h4-15,17,26H,3,16H2,1-2H3,(H,33,35)(H,30,31,32). The van der Waals surface area contributed by atoms with Gasteiger partial charge in [-0.25, -0.2) is 4.68 Å². The molecule has 2 heterocycles. The fourth-order valence-electron chi connectivity index (χ4n) is 4.24. The summed E-state index contributed by atoms with van der Waals surface area (Å²) >= 11 is 3.46. The number of nitrogens with one attached hydrogen (secondary N) is 2. The maximum atomic E-state index is 13.5. The van der Waals surface area contributed by atoms with E-state index in [2.05, 4.69) is 36.6 Å². The van der Waals surface area contributed by atoms with Crippen LogP contribution in [0, 0.1) is 0 Å². The van der Waals surface area contributed by atoms with Gasteiger partial charge in [0.05, 0.1) is 12.2 Å². The van der Waals surface area contributed by atoms with Gasteiger partial charge in [-0.15, -0.1) is 0 Å². The number of anilines is 2. The van der Waals surface area contributed by atoms with Gasteiger partial charge < -0.3 is 20.1 Å². The van der Waals surface area contributed by atoms with E-state index in [0.29, 0.717) is 47.6 Å². The summed E-state index contributed by atoms with van der Waals surface area (Å²) in [6, 6.07) is 22.5. The summed E-state index contributed by atoms with van der Waals surface area (Å²) < 4.78 is 14.8. The molecule has 1 aliphatic heterocycles. The van der Waals surface area contributed by atoms with Crippen LogP contribution in [0.3, 0.4) is 0 Å². The van der Waals surface area contributed by atoms with Crippen LogP contribution in [0.25, 0.3) is 0 Å². The molecule has 8 nitrogen and oxygen atoms in total. The third kappa shape index (κ3) is 5.36. The number of aromatic nitrogens is 3. The Hall–Kier alpha value is -4.11. The van der Waals surface area contributed by atoms with Crippen molar-refractivity contribution in [2.24, 2.45) is 0 Å². The van der Waals surface area contributed by atoms with Crippen LogP contribution < -0.4 is 20.1 Å². The number of carbonyl (C=O) groups excluding carboxylic acids is 1. The second kappa shape index (κ2) is 10.9. The first-order chi connectivity index (χ1) is 18.0. The average Bonchev–Trinajstić information content (AvgIpc) is 3.37. The molecule has 188 valence electrons. The van der Waals surface area contributed by atoms with Crippen molar-refractivity contribution in [3.8, 4) is 11.5 Å². The predicted molar refractivity (Wildman–Crippen MR) is 146 cm³/mol. The molecular formula is C28H26BrN5O3. The zero-order valence-electron chi connectivity index (χ0n) is 20.4. The number of allylic oxidation sites excluding steroid dienone is 1. The molecular weight excluding hydrogens is 534 g/mol. The third-order valence-electron chi connectivity index (χ3n) is 5.96.